The van der Waals surface area contributed by atoms with Crippen molar-refractivity contribution in [1.29, 1.82) is 5.26 Å². The van der Waals surface area contributed by atoms with E-state index in [1.807, 2.05) is 24.3 Å². The second-order valence-corrected chi connectivity index (χ2v) is 12.6. The first-order valence-electron chi connectivity index (χ1n) is 13.6. The number of ether oxygens (including phenoxy) is 1. The quantitative estimate of drug-likeness (QED) is 0.362. The maximum Gasteiger partial charge on any atom is 0.339 e. The number of amides is 1. The van der Waals surface area contributed by atoms with Gasteiger partial charge in [-0.15, -0.1) is 11.3 Å². The monoisotopic (exact) mass is 529 g/mol. The Morgan fingerprint density at radius 1 is 1.18 bits per heavy atom. The number of rotatable bonds is 6. The van der Waals surface area contributed by atoms with E-state index in [0.717, 1.165) is 72.7 Å². The highest BCUT2D eigenvalue weighted by Crippen LogP contribution is 2.45. The molecule has 5 rings (SSSR count). The number of thiophene rings is 1. The van der Waals surface area contributed by atoms with Gasteiger partial charge in [-0.3, -0.25) is 9.78 Å². The van der Waals surface area contributed by atoms with Crippen molar-refractivity contribution in [3.05, 3.63) is 57.1 Å². The number of para-hydroxylation sites is 1. The number of anilines is 1. The second-order valence-electron chi connectivity index (χ2n) is 11.5. The molecule has 2 aliphatic rings. The lowest BCUT2D eigenvalue weighted by molar-refractivity contribution is -0.119. The lowest BCUT2D eigenvalue weighted by atomic mass is 9.69. The van der Waals surface area contributed by atoms with Crippen LogP contribution < -0.4 is 5.32 Å². The summed E-state index contributed by atoms with van der Waals surface area (Å²) >= 11 is 1.49. The lowest BCUT2D eigenvalue weighted by Gasteiger charge is -2.36. The molecule has 7 heteroatoms. The van der Waals surface area contributed by atoms with Crippen molar-refractivity contribution >= 4 is 39.1 Å². The van der Waals surface area contributed by atoms with Crippen molar-refractivity contribution in [3.63, 3.8) is 0 Å². The van der Waals surface area contributed by atoms with E-state index < -0.39 is 18.5 Å². The minimum absolute atomic E-state index is 0.236. The fourth-order valence-corrected chi connectivity index (χ4v) is 7.20. The van der Waals surface area contributed by atoms with Crippen LogP contribution in [-0.2, 0) is 35.2 Å². The Labute approximate surface area is 228 Å². The molecule has 0 saturated heterocycles. The molecule has 2 heterocycles. The number of aryl methyl sites for hydroxylation is 1. The molecule has 1 N–H and O–H groups in total. The molecule has 2 unspecified atom stereocenters. The zero-order valence-corrected chi connectivity index (χ0v) is 23.5. The van der Waals surface area contributed by atoms with E-state index in [1.165, 1.54) is 16.2 Å². The fraction of sp³-hybridized carbons (Fsp3) is 0.484. The van der Waals surface area contributed by atoms with Crippen LogP contribution in [-0.4, -0.2) is 23.5 Å². The van der Waals surface area contributed by atoms with Gasteiger partial charge >= 0.3 is 5.97 Å². The first kappa shape index (κ1) is 26.4. The summed E-state index contributed by atoms with van der Waals surface area (Å²) in [5.74, 6) is 0.0785. The molecule has 2 atom stereocenters. The first-order valence-corrected chi connectivity index (χ1v) is 14.5. The predicted octanol–water partition coefficient (Wildman–Crippen LogP) is 6.63. The Morgan fingerprint density at radius 2 is 1.97 bits per heavy atom. The van der Waals surface area contributed by atoms with Crippen LogP contribution in [0, 0.1) is 28.6 Å². The van der Waals surface area contributed by atoms with Crippen molar-refractivity contribution in [2.75, 3.05) is 11.9 Å². The van der Waals surface area contributed by atoms with Gasteiger partial charge in [0.1, 0.15) is 11.1 Å². The summed E-state index contributed by atoms with van der Waals surface area (Å²) in [7, 11) is 0. The minimum atomic E-state index is -0.500. The molecule has 198 valence electrons. The number of nitriles is 1. The molecule has 0 radical (unpaired) electrons. The van der Waals surface area contributed by atoms with Gasteiger partial charge in [-0.05, 0) is 73.0 Å². The highest BCUT2D eigenvalue weighted by Gasteiger charge is 2.34. The Kier molecular flexibility index (Phi) is 7.28. The van der Waals surface area contributed by atoms with Gasteiger partial charge in [0.05, 0.1) is 16.6 Å². The Balaban J connectivity index is 1.32. The van der Waals surface area contributed by atoms with Crippen molar-refractivity contribution in [2.45, 2.75) is 72.6 Å². The Bertz CT molecular complexity index is 1450. The van der Waals surface area contributed by atoms with Gasteiger partial charge in [0.25, 0.3) is 5.91 Å². The summed E-state index contributed by atoms with van der Waals surface area (Å²) < 4.78 is 5.57. The highest BCUT2D eigenvalue weighted by molar-refractivity contribution is 7.16. The van der Waals surface area contributed by atoms with Crippen molar-refractivity contribution in [1.82, 2.24) is 4.98 Å². The van der Waals surface area contributed by atoms with Crippen LogP contribution in [0.2, 0.25) is 0 Å². The summed E-state index contributed by atoms with van der Waals surface area (Å²) in [6, 6.07) is 9.91. The third-order valence-corrected chi connectivity index (χ3v) is 9.86. The van der Waals surface area contributed by atoms with E-state index >= 15 is 0 Å². The van der Waals surface area contributed by atoms with E-state index in [1.54, 1.807) is 0 Å². The van der Waals surface area contributed by atoms with Crippen LogP contribution in [0.15, 0.2) is 24.3 Å². The molecule has 0 spiro atoms. The van der Waals surface area contributed by atoms with E-state index in [0.29, 0.717) is 28.0 Å². The number of carbonyl (C=O) groups is 2. The number of pyridine rings is 1. The van der Waals surface area contributed by atoms with Crippen LogP contribution in [0.25, 0.3) is 10.9 Å². The molecule has 0 bridgehead atoms. The number of nitrogens with zero attached hydrogens (tertiary/aromatic N) is 2. The van der Waals surface area contributed by atoms with Gasteiger partial charge in [-0.25, -0.2) is 4.79 Å². The van der Waals surface area contributed by atoms with Gasteiger partial charge < -0.3 is 10.1 Å². The third-order valence-electron chi connectivity index (χ3n) is 8.69. The molecular formula is C31H35N3O3S. The molecule has 0 saturated carbocycles. The number of hydrogen-bond donors (Lipinski definition) is 1. The number of fused-ring (bicyclic) bond motifs is 3. The normalized spacial score (nSPS) is 18.8. The number of aromatic nitrogens is 1. The van der Waals surface area contributed by atoms with Gasteiger partial charge in [0.15, 0.2) is 6.61 Å². The topological polar surface area (TPSA) is 92.1 Å². The van der Waals surface area contributed by atoms with Gasteiger partial charge in [-0.1, -0.05) is 52.3 Å². The summed E-state index contributed by atoms with van der Waals surface area (Å²) in [6.07, 6.45) is 6.58. The SMILES string of the molecule is CCC(C)(C)C1CCc2c(sc(NC(=O)COC(=O)c3c4c(nc5ccccc35)CCC(C)C4)c2C#N)C1. The van der Waals surface area contributed by atoms with Crippen LogP contribution >= 0.6 is 11.3 Å². The fourth-order valence-electron chi connectivity index (χ4n) is 5.91. The summed E-state index contributed by atoms with van der Waals surface area (Å²) in [4.78, 5) is 32.3. The van der Waals surface area contributed by atoms with E-state index in [2.05, 4.69) is 39.1 Å². The highest BCUT2D eigenvalue weighted by atomic mass is 32.1. The number of hydrogen-bond acceptors (Lipinski definition) is 6. The van der Waals surface area contributed by atoms with Crippen LogP contribution in [0.1, 0.15) is 84.6 Å². The molecule has 6 nitrogen and oxygen atoms in total. The Hall–Kier alpha value is -3.24. The maximum atomic E-state index is 13.4. The van der Waals surface area contributed by atoms with E-state index in [-0.39, 0.29) is 5.41 Å². The van der Waals surface area contributed by atoms with E-state index in [9.17, 15) is 14.9 Å². The maximum absolute atomic E-state index is 13.4. The van der Waals surface area contributed by atoms with Crippen LogP contribution in [0.5, 0.6) is 0 Å². The van der Waals surface area contributed by atoms with Gasteiger partial charge in [0.2, 0.25) is 0 Å². The molecule has 38 heavy (non-hydrogen) atoms. The molecule has 0 aliphatic heterocycles. The molecule has 2 aromatic heterocycles. The van der Waals surface area contributed by atoms with E-state index in [4.69, 9.17) is 9.72 Å². The third kappa shape index (κ3) is 4.94. The standard InChI is InChI=1S/C31H35N3O3S/c1-5-31(3,4)19-11-12-20-23(16-32)29(38-26(20)15-19)34-27(35)17-37-30(36)28-21-8-6-7-9-24(21)33-25-13-10-18(2)14-22(25)28/h6-9,18-19H,5,10-15,17H2,1-4H3,(H,34,35). The minimum Gasteiger partial charge on any atom is -0.452 e. The predicted molar refractivity (Wildman–Crippen MR) is 150 cm³/mol. The number of benzene rings is 1. The molecular weight excluding hydrogens is 494 g/mol. The van der Waals surface area contributed by atoms with Crippen molar-refractivity contribution in [3.8, 4) is 6.07 Å². The number of carbonyl (C=O) groups excluding carboxylic acids is 2. The number of esters is 1. The Morgan fingerprint density at radius 3 is 2.74 bits per heavy atom. The zero-order chi connectivity index (χ0) is 27.0. The largest absolute Gasteiger partial charge is 0.452 e. The molecule has 1 amide bonds. The van der Waals surface area contributed by atoms with Gasteiger partial charge in [-0.2, -0.15) is 5.26 Å². The molecule has 0 fully saturated rings. The van der Waals surface area contributed by atoms with Gasteiger partial charge in [0, 0.05) is 16.0 Å². The van der Waals surface area contributed by atoms with Crippen molar-refractivity contribution < 1.29 is 14.3 Å². The average molecular weight is 530 g/mol. The summed E-state index contributed by atoms with van der Waals surface area (Å²) in [5, 5.41) is 14.1. The molecule has 2 aliphatic carbocycles. The summed E-state index contributed by atoms with van der Waals surface area (Å²) in [6.45, 7) is 8.62. The first-order chi connectivity index (χ1) is 18.2. The van der Waals surface area contributed by atoms with Crippen LogP contribution in [0.4, 0.5) is 5.00 Å². The zero-order valence-electron chi connectivity index (χ0n) is 22.6. The lowest BCUT2D eigenvalue weighted by Crippen LogP contribution is -2.28. The second kappa shape index (κ2) is 10.5. The van der Waals surface area contributed by atoms with Crippen LogP contribution in [0.3, 0.4) is 0 Å². The smallest absolute Gasteiger partial charge is 0.339 e. The summed E-state index contributed by atoms with van der Waals surface area (Å²) in [5.41, 5.74) is 5.04. The average Bonchev–Trinajstić information content (AvgIpc) is 3.26. The van der Waals surface area contributed by atoms with Crippen molar-refractivity contribution in [2.24, 2.45) is 17.3 Å². The number of nitrogens with one attached hydrogen (secondary N) is 1. The molecule has 3 aromatic rings. The molecule has 1 aromatic carbocycles.